The van der Waals surface area contributed by atoms with Crippen LogP contribution >= 0.6 is 23.7 Å². The number of nitrogens with one attached hydrogen (secondary N) is 1. The molecule has 1 fully saturated rings. The van der Waals surface area contributed by atoms with Gasteiger partial charge >= 0.3 is 0 Å². The number of nitrogens with two attached hydrogens (primary N) is 1. The minimum absolute atomic E-state index is 0. The van der Waals surface area contributed by atoms with Gasteiger partial charge in [-0.15, -0.1) is 23.7 Å². The lowest BCUT2D eigenvalue weighted by Crippen LogP contribution is -2.34. The predicted octanol–water partition coefficient (Wildman–Crippen LogP) is 2.15. The normalized spacial score (nSPS) is 20.1. The number of hydrogen-bond donors (Lipinski definition) is 2. The molecule has 1 saturated heterocycles. The molecule has 1 aliphatic rings. The number of nitrogens with zero attached hydrogens (tertiary/aromatic N) is 2. The molecule has 0 spiro atoms. The minimum Gasteiger partial charge on any atom is -0.342 e. The molecule has 0 aromatic carbocycles. The maximum atomic E-state index is 12.4. The molecule has 3 rings (SSSR count). The highest BCUT2D eigenvalue weighted by molar-refractivity contribution is 7.18. The van der Waals surface area contributed by atoms with E-state index in [-0.39, 0.29) is 29.3 Å². The van der Waals surface area contributed by atoms with E-state index in [9.17, 15) is 9.59 Å². The Kier molecular flexibility index (Phi) is 5.91. The fraction of sp³-hybridized carbons (Fsp3) is 0.588. The molecule has 2 aromatic heterocycles. The number of rotatable bonds is 4. The van der Waals surface area contributed by atoms with Crippen molar-refractivity contribution in [3.63, 3.8) is 0 Å². The van der Waals surface area contributed by atoms with Crippen LogP contribution in [0.25, 0.3) is 10.2 Å². The third-order valence-corrected chi connectivity index (χ3v) is 6.17. The maximum Gasteiger partial charge on any atom is 0.259 e. The molecule has 1 aliphatic heterocycles. The zero-order valence-corrected chi connectivity index (χ0v) is 16.5. The van der Waals surface area contributed by atoms with Gasteiger partial charge in [-0.05, 0) is 37.8 Å². The van der Waals surface area contributed by atoms with Crippen molar-refractivity contribution in [3.05, 3.63) is 26.6 Å². The summed E-state index contributed by atoms with van der Waals surface area (Å²) >= 11 is 1.53. The summed E-state index contributed by atoms with van der Waals surface area (Å²) in [5.74, 6) is 0.691. The van der Waals surface area contributed by atoms with Crippen molar-refractivity contribution in [2.24, 2.45) is 11.1 Å². The Hall–Kier alpha value is -1.44. The van der Waals surface area contributed by atoms with Gasteiger partial charge < -0.3 is 15.6 Å². The molecule has 138 valence electrons. The van der Waals surface area contributed by atoms with Crippen molar-refractivity contribution in [1.29, 1.82) is 0 Å². The lowest BCUT2D eigenvalue weighted by molar-refractivity contribution is -0.130. The van der Waals surface area contributed by atoms with Crippen LogP contribution in [0.2, 0.25) is 0 Å². The van der Waals surface area contributed by atoms with Gasteiger partial charge in [0.2, 0.25) is 5.91 Å². The SMILES string of the molecule is Cc1sc2nc(CCC(=O)N3CCC(C)(CN)C3)[nH]c(=O)c2c1C.Cl. The van der Waals surface area contributed by atoms with E-state index in [0.717, 1.165) is 28.2 Å². The number of halogens is 1. The van der Waals surface area contributed by atoms with Gasteiger partial charge in [0.05, 0.1) is 5.39 Å². The number of hydrogen-bond acceptors (Lipinski definition) is 5. The molecule has 1 atom stereocenters. The van der Waals surface area contributed by atoms with E-state index >= 15 is 0 Å². The number of thiophene rings is 1. The van der Waals surface area contributed by atoms with Crippen molar-refractivity contribution in [3.8, 4) is 0 Å². The Bertz CT molecular complexity index is 847. The quantitative estimate of drug-likeness (QED) is 0.844. The second-order valence-electron chi connectivity index (χ2n) is 7.06. The van der Waals surface area contributed by atoms with Crippen LogP contribution in [-0.2, 0) is 11.2 Å². The van der Waals surface area contributed by atoms with Gasteiger partial charge in [-0.1, -0.05) is 6.92 Å². The number of carbonyl (C=O) groups excluding carboxylic acids is 1. The Morgan fingerprint density at radius 3 is 2.80 bits per heavy atom. The lowest BCUT2D eigenvalue weighted by atomic mass is 9.90. The largest absolute Gasteiger partial charge is 0.342 e. The zero-order chi connectivity index (χ0) is 17.5. The fourth-order valence-electron chi connectivity index (χ4n) is 3.20. The third-order valence-electron chi connectivity index (χ3n) is 5.07. The van der Waals surface area contributed by atoms with Gasteiger partial charge in [-0.25, -0.2) is 4.98 Å². The molecule has 3 N–H and O–H groups in total. The Morgan fingerprint density at radius 1 is 1.44 bits per heavy atom. The van der Waals surface area contributed by atoms with Gasteiger partial charge in [0.1, 0.15) is 10.7 Å². The van der Waals surface area contributed by atoms with E-state index in [4.69, 9.17) is 5.73 Å². The zero-order valence-electron chi connectivity index (χ0n) is 14.8. The number of aryl methyl sites for hydroxylation is 3. The first-order valence-electron chi connectivity index (χ1n) is 8.30. The molecule has 0 aliphatic carbocycles. The average Bonchev–Trinajstić information content (AvgIpc) is 3.07. The van der Waals surface area contributed by atoms with E-state index in [0.29, 0.717) is 37.1 Å². The van der Waals surface area contributed by atoms with Crippen molar-refractivity contribution in [2.75, 3.05) is 19.6 Å². The predicted molar refractivity (Wildman–Crippen MR) is 104 cm³/mol. The van der Waals surface area contributed by atoms with E-state index in [1.807, 2.05) is 18.7 Å². The lowest BCUT2D eigenvalue weighted by Gasteiger charge is -2.22. The molecule has 0 bridgehead atoms. The second kappa shape index (κ2) is 7.43. The van der Waals surface area contributed by atoms with E-state index in [2.05, 4.69) is 16.9 Å². The number of fused-ring (bicyclic) bond motifs is 1. The Balaban J connectivity index is 0.00000225. The monoisotopic (exact) mass is 384 g/mol. The van der Waals surface area contributed by atoms with Gasteiger partial charge in [0.25, 0.3) is 5.56 Å². The van der Waals surface area contributed by atoms with Crippen LogP contribution < -0.4 is 11.3 Å². The minimum atomic E-state index is -0.110. The molecule has 1 unspecified atom stereocenters. The molecule has 3 heterocycles. The molecular weight excluding hydrogens is 360 g/mol. The molecule has 6 nitrogen and oxygen atoms in total. The molecule has 0 saturated carbocycles. The number of aromatic amines is 1. The number of likely N-dealkylation sites (tertiary alicyclic amines) is 1. The molecular formula is C17H25ClN4O2S. The summed E-state index contributed by atoms with van der Waals surface area (Å²) in [4.78, 5) is 35.8. The van der Waals surface area contributed by atoms with Crippen molar-refractivity contribution in [2.45, 2.75) is 40.0 Å². The molecule has 2 aromatic rings. The van der Waals surface area contributed by atoms with Crippen LogP contribution in [0, 0.1) is 19.3 Å². The Labute approximate surface area is 157 Å². The van der Waals surface area contributed by atoms with Crippen LogP contribution in [0.4, 0.5) is 0 Å². The van der Waals surface area contributed by atoms with E-state index < -0.39 is 0 Å². The highest BCUT2D eigenvalue weighted by atomic mass is 35.5. The average molecular weight is 385 g/mol. The number of amides is 1. The van der Waals surface area contributed by atoms with Crippen LogP contribution in [0.15, 0.2) is 4.79 Å². The summed E-state index contributed by atoms with van der Waals surface area (Å²) in [6, 6.07) is 0. The Morgan fingerprint density at radius 2 is 2.16 bits per heavy atom. The van der Waals surface area contributed by atoms with Crippen molar-refractivity contribution in [1.82, 2.24) is 14.9 Å². The number of aromatic nitrogens is 2. The highest BCUT2D eigenvalue weighted by Crippen LogP contribution is 2.29. The molecule has 25 heavy (non-hydrogen) atoms. The second-order valence-corrected chi connectivity index (χ2v) is 8.26. The van der Waals surface area contributed by atoms with Crippen LogP contribution in [0.1, 0.15) is 36.0 Å². The topological polar surface area (TPSA) is 92.1 Å². The van der Waals surface area contributed by atoms with Crippen LogP contribution in [-0.4, -0.2) is 40.4 Å². The smallest absolute Gasteiger partial charge is 0.259 e. The van der Waals surface area contributed by atoms with Gasteiger partial charge in [0.15, 0.2) is 0 Å². The van der Waals surface area contributed by atoms with Crippen LogP contribution in [0.3, 0.4) is 0 Å². The first-order chi connectivity index (χ1) is 11.3. The summed E-state index contributed by atoms with van der Waals surface area (Å²) in [7, 11) is 0. The summed E-state index contributed by atoms with van der Waals surface area (Å²) in [6.45, 7) is 8.13. The summed E-state index contributed by atoms with van der Waals surface area (Å²) < 4.78 is 0. The van der Waals surface area contributed by atoms with Gasteiger partial charge in [-0.2, -0.15) is 0 Å². The third kappa shape index (κ3) is 3.88. The fourth-order valence-corrected chi connectivity index (χ4v) is 4.25. The number of H-pyrrole nitrogens is 1. The standard InChI is InChI=1S/C17H24N4O2S.ClH/c1-10-11(2)24-16-14(10)15(23)19-12(20-16)4-5-13(22)21-7-6-17(3,8-18)9-21;/h4-9,18H2,1-3H3,(H,19,20,23);1H. The van der Waals surface area contributed by atoms with Gasteiger partial charge in [-0.3, -0.25) is 9.59 Å². The highest BCUT2D eigenvalue weighted by Gasteiger charge is 2.34. The first kappa shape index (κ1) is 19.9. The summed E-state index contributed by atoms with van der Waals surface area (Å²) in [5, 5.41) is 0.672. The number of carbonyl (C=O) groups is 1. The van der Waals surface area contributed by atoms with E-state index in [1.165, 1.54) is 11.3 Å². The van der Waals surface area contributed by atoms with E-state index in [1.54, 1.807) is 0 Å². The van der Waals surface area contributed by atoms with Crippen molar-refractivity contribution >= 4 is 39.9 Å². The summed E-state index contributed by atoms with van der Waals surface area (Å²) in [6.07, 6.45) is 1.76. The molecule has 0 radical (unpaired) electrons. The first-order valence-corrected chi connectivity index (χ1v) is 9.11. The van der Waals surface area contributed by atoms with Gasteiger partial charge in [0, 0.05) is 30.8 Å². The summed E-state index contributed by atoms with van der Waals surface area (Å²) in [5.41, 5.74) is 6.71. The van der Waals surface area contributed by atoms with Crippen molar-refractivity contribution < 1.29 is 4.79 Å². The maximum absolute atomic E-state index is 12.4. The molecule has 8 heteroatoms. The molecule has 1 amide bonds. The van der Waals surface area contributed by atoms with Crippen LogP contribution in [0.5, 0.6) is 0 Å².